The van der Waals surface area contributed by atoms with E-state index in [2.05, 4.69) is 5.32 Å². The SMILES string of the molecule is C[C@@H]1OC(=O)[C@@H](NC(=O)OC(C)(C)C)COC(=O)[C@H](CCO)[C@@H]1C(C)(C)C(=O)O. The Morgan fingerprint density at radius 2 is 1.76 bits per heavy atom. The minimum Gasteiger partial charge on any atom is -0.481 e. The Morgan fingerprint density at radius 1 is 1.17 bits per heavy atom. The van der Waals surface area contributed by atoms with E-state index in [4.69, 9.17) is 14.2 Å². The molecule has 1 saturated heterocycles. The van der Waals surface area contributed by atoms with Crippen molar-refractivity contribution in [3.8, 4) is 0 Å². The average molecular weight is 417 g/mol. The number of aliphatic carboxylic acids is 1. The number of carbonyl (C=O) groups is 4. The van der Waals surface area contributed by atoms with Gasteiger partial charge in [-0.15, -0.1) is 0 Å². The third kappa shape index (κ3) is 6.59. The van der Waals surface area contributed by atoms with Crippen LogP contribution in [0.15, 0.2) is 0 Å². The van der Waals surface area contributed by atoms with Crippen LogP contribution >= 0.6 is 0 Å². The normalized spacial score (nSPS) is 26.3. The molecular weight excluding hydrogens is 386 g/mol. The Labute approximate surface area is 169 Å². The molecule has 1 amide bonds. The van der Waals surface area contributed by atoms with Crippen LogP contribution in [0.1, 0.15) is 48.0 Å². The Kier molecular flexibility index (Phi) is 8.02. The Balaban J connectivity index is 3.19. The summed E-state index contributed by atoms with van der Waals surface area (Å²) in [6, 6.07) is -1.32. The third-order valence-corrected chi connectivity index (χ3v) is 4.74. The predicted molar refractivity (Wildman–Crippen MR) is 99.8 cm³/mol. The van der Waals surface area contributed by atoms with Crippen LogP contribution in [0.4, 0.5) is 4.79 Å². The van der Waals surface area contributed by atoms with Crippen LogP contribution in [0.2, 0.25) is 0 Å². The van der Waals surface area contributed by atoms with E-state index in [1.165, 1.54) is 20.8 Å². The van der Waals surface area contributed by atoms with E-state index >= 15 is 0 Å². The summed E-state index contributed by atoms with van der Waals surface area (Å²) in [5, 5.41) is 21.3. The highest BCUT2D eigenvalue weighted by Gasteiger charge is 2.50. The van der Waals surface area contributed by atoms with Gasteiger partial charge < -0.3 is 29.7 Å². The minimum atomic E-state index is -1.46. The molecule has 1 rings (SSSR count). The van der Waals surface area contributed by atoms with Gasteiger partial charge in [-0.25, -0.2) is 9.59 Å². The number of carbonyl (C=O) groups excluding carboxylic acids is 3. The first kappa shape index (κ1) is 24.7. The van der Waals surface area contributed by atoms with Gasteiger partial charge in [-0.2, -0.15) is 0 Å². The van der Waals surface area contributed by atoms with Gasteiger partial charge in [0.25, 0.3) is 0 Å². The summed E-state index contributed by atoms with van der Waals surface area (Å²) in [6.45, 7) is 8.35. The zero-order valence-corrected chi connectivity index (χ0v) is 17.7. The van der Waals surface area contributed by atoms with Crippen molar-refractivity contribution in [1.82, 2.24) is 5.32 Å². The quantitative estimate of drug-likeness (QED) is 0.441. The maximum atomic E-state index is 12.7. The number of ether oxygens (including phenoxy) is 3. The number of aliphatic hydroxyl groups excluding tert-OH is 1. The largest absolute Gasteiger partial charge is 0.481 e. The van der Waals surface area contributed by atoms with E-state index in [-0.39, 0.29) is 13.0 Å². The molecule has 0 aromatic rings. The molecule has 1 aliphatic rings. The van der Waals surface area contributed by atoms with Gasteiger partial charge in [0.2, 0.25) is 0 Å². The van der Waals surface area contributed by atoms with Crippen molar-refractivity contribution in [2.24, 2.45) is 17.3 Å². The number of esters is 2. The standard InChI is InChI=1S/C19H31NO9/c1-10-13(19(5,6)16(24)25)11(7-8-21)14(22)27-9-12(15(23)28-10)20-17(26)29-18(2,3)4/h10-13,21H,7-9H2,1-6H3,(H,20,26)(H,24,25)/t10-,11+,12-,13+/m0/s1. The maximum absolute atomic E-state index is 12.7. The van der Waals surface area contributed by atoms with Crippen LogP contribution in [-0.2, 0) is 28.6 Å². The molecule has 4 atom stereocenters. The molecule has 3 N–H and O–H groups in total. The first-order valence-electron chi connectivity index (χ1n) is 9.41. The van der Waals surface area contributed by atoms with Gasteiger partial charge >= 0.3 is 24.0 Å². The highest BCUT2D eigenvalue weighted by atomic mass is 16.6. The zero-order chi connectivity index (χ0) is 22.6. The first-order chi connectivity index (χ1) is 13.2. The number of aliphatic hydroxyl groups is 1. The summed E-state index contributed by atoms with van der Waals surface area (Å²) in [6.07, 6.45) is -1.96. The lowest BCUT2D eigenvalue weighted by Gasteiger charge is -2.38. The summed E-state index contributed by atoms with van der Waals surface area (Å²) in [4.78, 5) is 49.0. The van der Waals surface area contributed by atoms with Crippen molar-refractivity contribution < 1.29 is 43.6 Å². The van der Waals surface area contributed by atoms with Crippen molar-refractivity contribution in [1.29, 1.82) is 0 Å². The molecule has 0 radical (unpaired) electrons. The Bertz CT molecular complexity index is 638. The van der Waals surface area contributed by atoms with Gasteiger partial charge in [-0.05, 0) is 48.0 Å². The molecule has 0 aromatic heterocycles. The van der Waals surface area contributed by atoms with Crippen molar-refractivity contribution in [3.05, 3.63) is 0 Å². The highest BCUT2D eigenvalue weighted by molar-refractivity contribution is 5.83. The molecule has 0 saturated carbocycles. The number of alkyl carbamates (subject to hydrolysis) is 1. The lowest BCUT2D eigenvalue weighted by atomic mass is 9.68. The monoisotopic (exact) mass is 417 g/mol. The molecule has 0 aromatic carbocycles. The smallest absolute Gasteiger partial charge is 0.408 e. The topological polar surface area (TPSA) is 148 Å². The highest BCUT2D eigenvalue weighted by Crippen LogP contribution is 2.39. The van der Waals surface area contributed by atoms with Crippen molar-refractivity contribution >= 4 is 24.0 Å². The minimum absolute atomic E-state index is 0.0632. The summed E-state index contributed by atoms with van der Waals surface area (Å²) in [7, 11) is 0. The molecular formula is C19H31NO9. The number of carboxylic acids is 1. The molecule has 29 heavy (non-hydrogen) atoms. The van der Waals surface area contributed by atoms with E-state index in [1.807, 2.05) is 0 Å². The van der Waals surface area contributed by atoms with E-state index in [1.54, 1.807) is 20.8 Å². The molecule has 0 unspecified atom stereocenters. The zero-order valence-electron chi connectivity index (χ0n) is 17.7. The van der Waals surface area contributed by atoms with Crippen LogP contribution in [0, 0.1) is 17.3 Å². The van der Waals surface area contributed by atoms with Gasteiger partial charge in [-0.1, -0.05) is 0 Å². The molecule has 0 aliphatic carbocycles. The Morgan fingerprint density at radius 3 is 2.24 bits per heavy atom. The lowest BCUT2D eigenvalue weighted by Crippen LogP contribution is -2.49. The number of hydrogen-bond donors (Lipinski definition) is 3. The number of nitrogens with one attached hydrogen (secondary N) is 1. The second kappa shape index (κ2) is 9.43. The molecule has 10 nitrogen and oxygen atoms in total. The summed E-state index contributed by atoms with van der Waals surface area (Å²) >= 11 is 0. The molecule has 1 fully saturated rings. The summed E-state index contributed by atoms with van der Waals surface area (Å²) in [5.74, 6) is -4.84. The molecule has 0 bridgehead atoms. The number of hydrogen-bond acceptors (Lipinski definition) is 8. The third-order valence-electron chi connectivity index (χ3n) is 4.74. The molecule has 1 aliphatic heterocycles. The molecule has 166 valence electrons. The van der Waals surface area contributed by atoms with Gasteiger partial charge in [0, 0.05) is 12.5 Å². The van der Waals surface area contributed by atoms with Crippen LogP contribution in [-0.4, -0.2) is 65.2 Å². The molecule has 1 heterocycles. The van der Waals surface area contributed by atoms with Crippen LogP contribution < -0.4 is 5.32 Å². The predicted octanol–water partition coefficient (Wildman–Crippen LogP) is 1.09. The first-order valence-corrected chi connectivity index (χ1v) is 9.41. The van der Waals surface area contributed by atoms with Crippen molar-refractivity contribution in [2.75, 3.05) is 13.2 Å². The fraction of sp³-hybridized carbons (Fsp3) is 0.789. The maximum Gasteiger partial charge on any atom is 0.408 e. The van der Waals surface area contributed by atoms with Crippen LogP contribution in [0.3, 0.4) is 0 Å². The summed E-state index contributed by atoms with van der Waals surface area (Å²) in [5.41, 5.74) is -2.27. The van der Waals surface area contributed by atoms with E-state index < -0.39 is 65.6 Å². The van der Waals surface area contributed by atoms with Crippen LogP contribution in [0.25, 0.3) is 0 Å². The average Bonchev–Trinajstić information content (AvgIpc) is 2.58. The van der Waals surface area contributed by atoms with Crippen molar-refractivity contribution in [3.63, 3.8) is 0 Å². The Hall–Kier alpha value is -2.36. The van der Waals surface area contributed by atoms with E-state index in [0.29, 0.717) is 0 Å². The van der Waals surface area contributed by atoms with Gasteiger partial charge in [0.05, 0.1) is 11.3 Å². The number of amides is 1. The lowest BCUT2D eigenvalue weighted by molar-refractivity contribution is -0.169. The fourth-order valence-electron chi connectivity index (χ4n) is 3.37. The van der Waals surface area contributed by atoms with Gasteiger partial charge in [0.1, 0.15) is 18.3 Å². The second-order valence-corrected chi connectivity index (χ2v) is 8.64. The van der Waals surface area contributed by atoms with Gasteiger partial charge in [0.15, 0.2) is 6.04 Å². The second-order valence-electron chi connectivity index (χ2n) is 8.64. The number of cyclic esters (lactones) is 2. The van der Waals surface area contributed by atoms with Crippen molar-refractivity contribution in [2.45, 2.75) is 65.7 Å². The summed E-state index contributed by atoms with van der Waals surface area (Å²) < 4.78 is 15.7. The van der Waals surface area contributed by atoms with E-state index in [0.717, 1.165) is 0 Å². The van der Waals surface area contributed by atoms with Crippen LogP contribution in [0.5, 0.6) is 0 Å². The van der Waals surface area contributed by atoms with E-state index in [9.17, 15) is 29.4 Å². The molecule has 0 spiro atoms. The number of carboxylic acid groups (broad SMARTS) is 1. The fourth-order valence-corrected chi connectivity index (χ4v) is 3.37. The molecule has 10 heteroatoms. The van der Waals surface area contributed by atoms with Gasteiger partial charge in [-0.3, -0.25) is 9.59 Å². The number of rotatable bonds is 5.